The van der Waals surface area contributed by atoms with Crippen LogP contribution in [-0.2, 0) is 6.54 Å². The molecule has 0 N–H and O–H groups in total. The molecule has 0 aromatic carbocycles. The van der Waals surface area contributed by atoms with Gasteiger partial charge in [-0.05, 0) is 12.1 Å². The predicted molar refractivity (Wildman–Crippen MR) is 99.0 cm³/mol. The summed E-state index contributed by atoms with van der Waals surface area (Å²) in [5.41, 5.74) is 2.13. The van der Waals surface area contributed by atoms with Gasteiger partial charge < -0.3 is 14.2 Å². The molecule has 1 aliphatic rings. The summed E-state index contributed by atoms with van der Waals surface area (Å²) in [6.07, 6.45) is 5.81. The van der Waals surface area contributed by atoms with E-state index < -0.39 is 0 Å². The molecular weight excluding hydrogens is 314 g/mol. The number of imidazole rings is 1. The molecule has 0 saturated carbocycles. The van der Waals surface area contributed by atoms with Crippen molar-refractivity contribution in [3.63, 3.8) is 0 Å². The van der Waals surface area contributed by atoms with Gasteiger partial charge in [-0.25, -0.2) is 15.0 Å². The first-order valence-electron chi connectivity index (χ1n) is 8.58. The van der Waals surface area contributed by atoms with Crippen LogP contribution >= 0.6 is 0 Å². The zero-order valence-electron chi connectivity index (χ0n) is 14.7. The molecule has 0 atom stereocenters. The van der Waals surface area contributed by atoms with Crippen molar-refractivity contribution in [3.8, 4) is 0 Å². The van der Waals surface area contributed by atoms with Gasteiger partial charge in [-0.15, -0.1) is 0 Å². The molecule has 0 aliphatic carbocycles. The van der Waals surface area contributed by atoms with Crippen LogP contribution < -0.4 is 9.80 Å². The van der Waals surface area contributed by atoms with Gasteiger partial charge in [-0.3, -0.25) is 4.90 Å². The maximum atomic E-state index is 4.70. The highest BCUT2D eigenvalue weighted by Gasteiger charge is 2.19. The molecule has 1 saturated heterocycles. The van der Waals surface area contributed by atoms with Gasteiger partial charge in [0.25, 0.3) is 0 Å². The minimum atomic E-state index is 0.891. The van der Waals surface area contributed by atoms with Crippen molar-refractivity contribution in [2.24, 2.45) is 0 Å². The fourth-order valence-corrected chi connectivity index (χ4v) is 3.18. The molecule has 130 valence electrons. The van der Waals surface area contributed by atoms with Crippen molar-refractivity contribution in [3.05, 3.63) is 48.7 Å². The summed E-state index contributed by atoms with van der Waals surface area (Å²) in [5.74, 6) is 1.95. The van der Waals surface area contributed by atoms with Crippen LogP contribution in [0.2, 0.25) is 0 Å². The Hall–Kier alpha value is -2.67. The Labute approximate surface area is 147 Å². The van der Waals surface area contributed by atoms with Crippen LogP contribution in [0.5, 0.6) is 0 Å². The van der Waals surface area contributed by atoms with Gasteiger partial charge in [-0.2, -0.15) is 0 Å². The van der Waals surface area contributed by atoms with E-state index in [0.717, 1.165) is 55.7 Å². The van der Waals surface area contributed by atoms with Gasteiger partial charge in [0.1, 0.15) is 23.6 Å². The largest absolute Gasteiger partial charge is 0.363 e. The average molecular weight is 337 g/mol. The number of hydrogen-bond donors (Lipinski definition) is 0. The van der Waals surface area contributed by atoms with Gasteiger partial charge in [-0.1, -0.05) is 6.07 Å². The van der Waals surface area contributed by atoms with Crippen LogP contribution in [0.1, 0.15) is 5.69 Å². The first-order valence-corrected chi connectivity index (χ1v) is 8.58. The lowest BCUT2D eigenvalue weighted by atomic mass is 10.3. The molecule has 1 fully saturated rings. The highest BCUT2D eigenvalue weighted by atomic mass is 15.3. The van der Waals surface area contributed by atoms with Crippen molar-refractivity contribution < 1.29 is 0 Å². The summed E-state index contributed by atoms with van der Waals surface area (Å²) in [5, 5.41) is 0. The molecule has 0 unspecified atom stereocenters. The first kappa shape index (κ1) is 15.8. The van der Waals surface area contributed by atoms with Crippen LogP contribution in [0.3, 0.4) is 0 Å². The third-order valence-corrected chi connectivity index (χ3v) is 4.59. The first-order chi connectivity index (χ1) is 12.2. The van der Waals surface area contributed by atoms with Crippen molar-refractivity contribution in [1.82, 2.24) is 24.3 Å². The molecule has 0 amide bonds. The standard InChI is InChI=1S/C18H23N7/c1-22(2)17-11-18(20-14-19-17)24-9-7-23(8-10-24)12-15-13-25-6-4-3-5-16(25)21-15/h3-6,11,13-14H,7-10,12H2,1-2H3. The SMILES string of the molecule is CN(C)c1cc(N2CCN(Cc3cn4ccccc4n3)CC2)ncn1. The number of nitrogens with zero attached hydrogens (tertiary/aromatic N) is 7. The average Bonchev–Trinajstić information content (AvgIpc) is 3.04. The lowest BCUT2D eigenvalue weighted by molar-refractivity contribution is 0.247. The topological polar surface area (TPSA) is 52.8 Å². The summed E-state index contributed by atoms with van der Waals surface area (Å²) in [7, 11) is 4.00. The lowest BCUT2D eigenvalue weighted by Crippen LogP contribution is -2.46. The van der Waals surface area contributed by atoms with Crippen molar-refractivity contribution in [2.45, 2.75) is 6.54 Å². The Morgan fingerprint density at radius 1 is 1.08 bits per heavy atom. The third-order valence-electron chi connectivity index (χ3n) is 4.59. The van der Waals surface area contributed by atoms with Crippen LogP contribution in [0, 0.1) is 0 Å². The Morgan fingerprint density at radius 3 is 2.68 bits per heavy atom. The zero-order chi connectivity index (χ0) is 17.2. The van der Waals surface area contributed by atoms with E-state index in [9.17, 15) is 0 Å². The van der Waals surface area contributed by atoms with Gasteiger partial charge in [0.05, 0.1) is 5.69 Å². The molecule has 0 bridgehead atoms. The second-order valence-corrected chi connectivity index (χ2v) is 6.59. The van der Waals surface area contributed by atoms with Crippen LogP contribution in [0.15, 0.2) is 43.0 Å². The third kappa shape index (κ3) is 3.41. The van der Waals surface area contributed by atoms with Crippen LogP contribution in [0.25, 0.3) is 5.65 Å². The van der Waals surface area contributed by atoms with E-state index in [4.69, 9.17) is 4.98 Å². The molecule has 7 heteroatoms. The van der Waals surface area contributed by atoms with E-state index in [0.29, 0.717) is 0 Å². The molecule has 25 heavy (non-hydrogen) atoms. The second kappa shape index (κ2) is 6.68. The number of anilines is 2. The smallest absolute Gasteiger partial charge is 0.137 e. The maximum absolute atomic E-state index is 4.70. The predicted octanol–water partition coefficient (Wildman–Crippen LogP) is 1.51. The van der Waals surface area contributed by atoms with E-state index in [-0.39, 0.29) is 0 Å². The molecule has 4 heterocycles. The van der Waals surface area contributed by atoms with Crippen molar-refractivity contribution in [1.29, 1.82) is 0 Å². The van der Waals surface area contributed by atoms with Crippen molar-refractivity contribution >= 4 is 17.3 Å². The summed E-state index contributed by atoms with van der Waals surface area (Å²) in [4.78, 5) is 20.2. The number of fused-ring (bicyclic) bond motifs is 1. The zero-order valence-corrected chi connectivity index (χ0v) is 14.7. The number of pyridine rings is 1. The summed E-state index contributed by atoms with van der Waals surface area (Å²) < 4.78 is 2.08. The quantitative estimate of drug-likeness (QED) is 0.719. The van der Waals surface area contributed by atoms with Gasteiger partial charge in [0.15, 0.2) is 0 Å². The Morgan fingerprint density at radius 2 is 1.92 bits per heavy atom. The molecule has 3 aromatic rings. The molecule has 0 radical (unpaired) electrons. The van der Waals surface area contributed by atoms with Gasteiger partial charge >= 0.3 is 0 Å². The number of hydrogen-bond acceptors (Lipinski definition) is 6. The monoisotopic (exact) mass is 337 g/mol. The molecular formula is C18H23N7. The minimum Gasteiger partial charge on any atom is -0.363 e. The molecule has 1 aliphatic heterocycles. The number of aromatic nitrogens is 4. The van der Waals surface area contributed by atoms with E-state index in [1.54, 1.807) is 6.33 Å². The highest BCUT2D eigenvalue weighted by molar-refractivity contribution is 5.49. The molecule has 4 rings (SSSR count). The van der Waals surface area contributed by atoms with Crippen LogP contribution in [0.4, 0.5) is 11.6 Å². The summed E-state index contributed by atoms with van der Waals surface area (Å²) in [6, 6.07) is 8.15. The van der Waals surface area contributed by atoms with Crippen molar-refractivity contribution in [2.75, 3.05) is 50.1 Å². The minimum absolute atomic E-state index is 0.891. The molecule has 3 aromatic heterocycles. The van der Waals surface area contributed by atoms with Gasteiger partial charge in [0.2, 0.25) is 0 Å². The Kier molecular flexibility index (Phi) is 4.23. The highest BCUT2D eigenvalue weighted by Crippen LogP contribution is 2.18. The fraction of sp³-hybridized carbons (Fsp3) is 0.389. The van der Waals surface area contributed by atoms with E-state index >= 15 is 0 Å². The Balaban J connectivity index is 1.39. The van der Waals surface area contributed by atoms with Gasteiger partial charge in [0, 0.05) is 65.3 Å². The Bertz CT molecular complexity index is 816. The fourth-order valence-electron chi connectivity index (χ4n) is 3.18. The summed E-state index contributed by atoms with van der Waals surface area (Å²) >= 11 is 0. The van der Waals surface area contributed by atoms with Crippen LogP contribution in [-0.4, -0.2) is 64.5 Å². The lowest BCUT2D eigenvalue weighted by Gasteiger charge is -2.35. The van der Waals surface area contributed by atoms with E-state index in [1.807, 2.05) is 43.4 Å². The van der Waals surface area contributed by atoms with E-state index in [1.165, 1.54) is 0 Å². The second-order valence-electron chi connectivity index (χ2n) is 6.59. The number of piperazine rings is 1. The van der Waals surface area contributed by atoms with E-state index in [2.05, 4.69) is 36.4 Å². The molecule has 7 nitrogen and oxygen atoms in total. The normalized spacial score (nSPS) is 15.7. The maximum Gasteiger partial charge on any atom is 0.137 e. The number of rotatable bonds is 4. The molecule has 0 spiro atoms. The summed E-state index contributed by atoms with van der Waals surface area (Å²) in [6.45, 7) is 4.85.